The van der Waals surface area contributed by atoms with Crippen LogP contribution >= 0.6 is 27.7 Å². The van der Waals surface area contributed by atoms with E-state index in [1.54, 1.807) is 0 Å². The van der Waals surface area contributed by atoms with Gasteiger partial charge in [0.05, 0.1) is 0 Å². The van der Waals surface area contributed by atoms with E-state index < -0.39 is 0 Å². The normalized spacial score (nSPS) is 22.3. The molecule has 1 aliphatic rings. The second kappa shape index (κ2) is 4.58. The van der Waals surface area contributed by atoms with Crippen molar-refractivity contribution >= 4 is 27.7 Å². The SMILES string of the molecule is BrCCN1CCSCC1. The molecule has 0 radical (unpaired) electrons. The van der Waals surface area contributed by atoms with Crippen molar-refractivity contribution in [1.82, 2.24) is 4.90 Å². The van der Waals surface area contributed by atoms with E-state index in [4.69, 9.17) is 0 Å². The molecule has 0 spiro atoms. The molecule has 54 valence electrons. The van der Waals surface area contributed by atoms with Crippen LogP contribution < -0.4 is 0 Å². The smallest absolute Gasteiger partial charge is 0.0159 e. The Morgan fingerprint density at radius 2 is 2.00 bits per heavy atom. The maximum Gasteiger partial charge on any atom is 0.0159 e. The van der Waals surface area contributed by atoms with Crippen LogP contribution in [0, 0.1) is 0 Å². The molecule has 1 aliphatic heterocycles. The number of rotatable bonds is 2. The summed E-state index contributed by atoms with van der Waals surface area (Å²) in [5.74, 6) is 2.65. The summed E-state index contributed by atoms with van der Waals surface area (Å²) < 4.78 is 0. The molecule has 0 N–H and O–H groups in total. The van der Waals surface area contributed by atoms with Gasteiger partial charge in [-0.1, -0.05) is 15.9 Å². The summed E-state index contributed by atoms with van der Waals surface area (Å²) in [5, 5.41) is 1.12. The summed E-state index contributed by atoms with van der Waals surface area (Å²) >= 11 is 5.50. The lowest BCUT2D eigenvalue weighted by Gasteiger charge is -2.24. The lowest BCUT2D eigenvalue weighted by molar-refractivity contribution is 0.323. The van der Waals surface area contributed by atoms with Crippen LogP contribution in [0.1, 0.15) is 0 Å². The minimum atomic E-state index is 1.12. The molecule has 0 atom stereocenters. The molecule has 0 bridgehead atoms. The lowest BCUT2D eigenvalue weighted by atomic mass is 10.5. The van der Waals surface area contributed by atoms with Gasteiger partial charge in [0.2, 0.25) is 0 Å². The van der Waals surface area contributed by atoms with E-state index >= 15 is 0 Å². The molecule has 1 heterocycles. The first kappa shape index (κ1) is 7.89. The van der Waals surface area contributed by atoms with Crippen LogP contribution in [0.25, 0.3) is 0 Å². The van der Waals surface area contributed by atoms with Gasteiger partial charge in [-0.25, -0.2) is 0 Å². The highest BCUT2D eigenvalue weighted by atomic mass is 79.9. The Labute approximate surface area is 69.3 Å². The fourth-order valence-electron chi connectivity index (χ4n) is 0.944. The van der Waals surface area contributed by atoms with Gasteiger partial charge in [-0.2, -0.15) is 11.8 Å². The van der Waals surface area contributed by atoms with E-state index in [9.17, 15) is 0 Å². The molecular weight excluding hydrogens is 198 g/mol. The van der Waals surface area contributed by atoms with Crippen LogP contribution in [0.4, 0.5) is 0 Å². The number of alkyl halides is 1. The quantitative estimate of drug-likeness (QED) is 0.634. The summed E-state index contributed by atoms with van der Waals surface area (Å²) in [4.78, 5) is 2.51. The molecule has 0 aromatic heterocycles. The second-order valence-corrected chi connectivity index (χ2v) is 4.16. The molecule has 0 unspecified atom stereocenters. The molecule has 0 saturated carbocycles. The third-order valence-corrected chi connectivity index (χ3v) is 2.80. The molecular formula is C6H12BrNS. The van der Waals surface area contributed by atoms with Crippen LogP contribution in [0.2, 0.25) is 0 Å². The number of nitrogens with zero attached hydrogens (tertiary/aromatic N) is 1. The molecule has 9 heavy (non-hydrogen) atoms. The number of hydrogen-bond donors (Lipinski definition) is 0. The van der Waals surface area contributed by atoms with Crippen molar-refractivity contribution < 1.29 is 0 Å². The van der Waals surface area contributed by atoms with Gasteiger partial charge in [0.1, 0.15) is 0 Å². The Morgan fingerprint density at radius 1 is 1.33 bits per heavy atom. The predicted molar refractivity (Wildman–Crippen MR) is 47.6 cm³/mol. The molecule has 0 aromatic carbocycles. The van der Waals surface area contributed by atoms with Gasteiger partial charge in [0.25, 0.3) is 0 Å². The van der Waals surface area contributed by atoms with Crippen molar-refractivity contribution in [2.45, 2.75) is 0 Å². The zero-order valence-corrected chi connectivity index (χ0v) is 7.88. The van der Waals surface area contributed by atoms with Crippen LogP contribution in [-0.4, -0.2) is 41.4 Å². The highest BCUT2D eigenvalue weighted by molar-refractivity contribution is 9.09. The zero-order chi connectivity index (χ0) is 6.53. The van der Waals surface area contributed by atoms with Crippen LogP contribution in [0.15, 0.2) is 0 Å². The highest BCUT2D eigenvalue weighted by Gasteiger charge is 2.07. The standard InChI is InChI=1S/C6H12BrNS/c7-1-2-8-3-5-9-6-4-8/h1-6H2. The minimum Gasteiger partial charge on any atom is -0.301 e. The van der Waals surface area contributed by atoms with E-state index in [-0.39, 0.29) is 0 Å². The first-order valence-electron chi connectivity index (χ1n) is 3.29. The van der Waals surface area contributed by atoms with Gasteiger partial charge < -0.3 is 4.90 Å². The third-order valence-electron chi connectivity index (χ3n) is 1.50. The van der Waals surface area contributed by atoms with Crippen molar-refractivity contribution in [3.63, 3.8) is 0 Å². The molecule has 1 saturated heterocycles. The number of hydrogen-bond acceptors (Lipinski definition) is 2. The number of halogens is 1. The maximum absolute atomic E-state index is 3.44. The number of thioether (sulfide) groups is 1. The zero-order valence-electron chi connectivity index (χ0n) is 5.48. The fourth-order valence-corrected chi connectivity index (χ4v) is 2.42. The molecule has 3 heteroatoms. The van der Waals surface area contributed by atoms with E-state index in [0.29, 0.717) is 0 Å². The van der Waals surface area contributed by atoms with E-state index in [2.05, 4.69) is 32.6 Å². The van der Waals surface area contributed by atoms with Crippen LogP contribution in [-0.2, 0) is 0 Å². The molecule has 0 amide bonds. The summed E-state index contributed by atoms with van der Waals surface area (Å²) in [6.45, 7) is 3.80. The van der Waals surface area contributed by atoms with Gasteiger partial charge in [-0.05, 0) is 0 Å². The Kier molecular flexibility index (Phi) is 4.02. The monoisotopic (exact) mass is 209 g/mol. The van der Waals surface area contributed by atoms with Gasteiger partial charge in [-0.3, -0.25) is 0 Å². The highest BCUT2D eigenvalue weighted by Crippen LogP contribution is 2.08. The summed E-state index contributed by atoms with van der Waals surface area (Å²) in [6, 6.07) is 0. The van der Waals surface area contributed by atoms with Crippen molar-refractivity contribution in [2.24, 2.45) is 0 Å². The Balaban J connectivity index is 2.08. The lowest BCUT2D eigenvalue weighted by Crippen LogP contribution is -2.33. The summed E-state index contributed by atoms with van der Waals surface area (Å²) in [7, 11) is 0. The Bertz CT molecular complexity index is 70.7. The molecule has 1 fully saturated rings. The molecule has 1 nitrogen and oxygen atoms in total. The van der Waals surface area contributed by atoms with Crippen molar-refractivity contribution in [1.29, 1.82) is 0 Å². The molecule has 0 aliphatic carbocycles. The topological polar surface area (TPSA) is 3.24 Å². The molecule has 0 aromatic rings. The summed E-state index contributed by atoms with van der Waals surface area (Å²) in [5.41, 5.74) is 0. The van der Waals surface area contributed by atoms with E-state index in [0.717, 1.165) is 5.33 Å². The van der Waals surface area contributed by atoms with Crippen LogP contribution in [0.5, 0.6) is 0 Å². The largest absolute Gasteiger partial charge is 0.301 e. The Morgan fingerprint density at radius 3 is 2.56 bits per heavy atom. The minimum absolute atomic E-state index is 1.12. The van der Waals surface area contributed by atoms with Gasteiger partial charge >= 0.3 is 0 Å². The predicted octanol–water partition coefficient (Wildman–Crippen LogP) is 1.43. The van der Waals surface area contributed by atoms with Crippen LogP contribution in [0.3, 0.4) is 0 Å². The fraction of sp³-hybridized carbons (Fsp3) is 1.00. The first-order chi connectivity index (χ1) is 4.43. The van der Waals surface area contributed by atoms with Crippen molar-refractivity contribution in [2.75, 3.05) is 36.5 Å². The average molecular weight is 210 g/mol. The van der Waals surface area contributed by atoms with E-state index in [1.165, 1.54) is 31.1 Å². The first-order valence-corrected chi connectivity index (χ1v) is 5.57. The Hall–Kier alpha value is 0.790. The average Bonchev–Trinajstić information content (AvgIpc) is 1.91. The summed E-state index contributed by atoms with van der Waals surface area (Å²) in [6.07, 6.45) is 0. The van der Waals surface area contributed by atoms with Crippen molar-refractivity contribution in [3.8, 4) is 0 Å². The van der Waals surface area contributed by atoms with Gasteiger partial charge in [0.15, 0.2) is 0 Å². The van der Waals surface area contributed by atoms with Crippen molar-refractivity contribution in [3.05, 3.63) is 0 Å². The third kappa shape index (κ3) is 2.92. The van der Waals surface area contributed by atoms with Gasteiger partial charge in [-0.15, -0.1) is 0 Å². The second-order valence-electron chi connectivity index (χ2n) is 2.14. The van der Waals surface area contributed by atoms with E-state index in [1.807, 2.05) is 0 Å². The van der Waals surface area contributed by atoms with Gasteiger partial charge in [0, 0.05) is 36.5 Å². The maximum atomic E-state index is 3.44. The molecule has 1 rings (SSSR count).